The van der Waals surface area contributed by atoms with E-state index in [2.05, 4.69) is 0 Å². The molecular formula is C13H16O5S. The minimum Gasteiger partial charge on any atom is -0.490 e. The molecule has 1 aromatic carbocycles. The molecule has 0 saturated carbocycles. The van der Waals surface area contributed by atoms with Gasteiger partial charge in [-0.1, -0.05) is 0 Å². The Morgan fingerprint density at radius 2 is 1.84 bits per heavy atom. The fraction of sp³-hybridized carbons (Fsp3) is 0.462. The van der Waals surface area contributed by atoms with Crippen LogP contribution in [0.2, 0.25) is 0 Å². The average molecular weight is 284 g/mol. The molecule has 1 heterocycles. The molecule has 1 atom stereocenters. The van der Waals surface area contributed by atoms with Crippen molar-refractivity contribution in [3.8, 4) is 11.5 Å². The number of fused-ring (bicyclic) bond motifs is 1. The number of carbonyl (C=O) groups is 1. The van der Waals surface area contributed by atoms with Crippen molar-refractivity contribution >= 4 is 15.6 Å². The Bertz CT molecular complexity index is 591. The monoisotopic (exact) mass is 284 g/mol. The molecule has 0 N–H and O–H groups in total. The molecule has 0 radical (unpaired) electrons. The number of ketones is 1. The maximum absolute atomic E-state index is 12.2. The van der Waals surface area contributed by atoms with Crippen LogP contribution in [0.25, 0.3) is 0 Å². The summed E-state index contributed by atoms with van der Waals surface area (Å²) >= 11 is 0. The Morgan fingerprint density at radius 1 is 1.21 bits per heavy atom. The number of hydrogen-bond acceptors (Lipinski definition) is 5. The van der Waals surface area contributed by atoms with Crippen LogP contribution >= 0.6 is 0 Å². The number of Topliss-reactive ketones (excluding diaryl/α,β-unsaturated/α-hetero) is 1. The fourth-order valence-electron chi connectivity index (χ4n) is 1.74. The predicted octanol–water partition coefficient (Wildman–Crippen LogP) is 1.60. The van der Waals surface area contributed by atoms with Crippen molar-refractivity contribution in [3.63, 3.8) is 0 Å². The Morgan fingerprint density at radius 3 is 2.47 bits per heavy atom. The molecule has 1 unspecified atom stereocenters. The van der Waals surface area contributed by atoms with Gasteiger partial charge in [-0.3, -0.25) is 4.79 Å². The van der Waals surface area contributed by atoms with Crippen molar-refractivity contribution in [2.75, 3.05) is 13.2 Å². The van der Waals surface area contributed by atoms with Gasteiger partial charge in [0, 0.05) is 12.5 Å². The van der Waals surface area contributed by atoms with Crippen molar-refractivity contribution in [2.45, 2.75) is 30.4 Å². The normalized spacial score (nSPS) is 16.5. The second-order valence-corrected chi connectivity index (χ2v) is 6.73. The number of benzene rings is 1. The summed E-state index contributed by atoms with van der Waals surface area (Å²) in [5.74, 6) is 0.563. The number of rotatable bonds is 3. The summed E-state index contributed by atoms with van der Waals surface area (Å²) in [6, 6.07) is 4.44. The first-order valence-electron chi connectivity index (χ1n) is 6.07. The van der Waals surface area contributed by atoms with Gasteiger partial charge < -0.3 is 9.47 Å². The summed E-state index contributed by atoms with van der Waals surface area (Å²) in [6.07, 6.45) is 0.751. The Labute approximate surface area is 112 Å². The summed E-state index contributed by atoms with van der Waals surface area (Å²) in [5.41, 5.74) is 0. The highest BCUT2D eigenvalue weighted by atomic mass is 32.2. The van der Waals surface area contributed by atoms with Gasteiger partial charge in [-0.25, -0.2) is 8.42 Å². The maximum Gasteiger partial charge on any atom is 0.188 e. The molecule has 104 valence electrons. The van der Waals surface area contributed by atoms with Crippen LogP contribution in [-0.2, 0) is 14.6 Å². The third kappa shape index (κ3) is 2.73. The zero-order valence-corrected chi connectivity index (χ0v) is 11.7. The van der Waals surface area contributed by atoms with Gasteiger partial charge in [0.05, 0.1) is 18.1 Å². The van der Waals surface area contributed by atoms with E-state index < -0.39 is 15.1 Å². The molecule has 19 heavy (non-hydrogen) atoms. The van der Waals surface area contributed by atoms with E-state index in [1.54, 1.807) is 6.07 Å². The van der Waals surface area contributed by atoms with Crippen LogP contribution < -0.4 is 9.47 Å². The second kappa shape index (κ2) is 5.21. The lowest BCUT2D eigenvalue weighted by Crippen LogP contribution is -2.25. The van der Waals surface area contributed by atoms with Gasteiger partial charge in [-0.2, -0.15) is 0 Å². The second-order valence-electron chi connectivity index (χ2n) is 4.46. The predicted molar refractivity (Wildman–Crippen MR) is 69.4 cm³/mol. The third-order valence-corrected chi connectivity index (χ3v) is 5.26. The van der Waals surface area contributed by atoms with E-state index in [1.165, 1.54) is 26.0 Å². The molecule has 2 rings (SSSR count). The zero-order valence-electron chi connectivity index (χ0n) is 10.9. The standard InChI is InChI=1S/C13H16O5S/c1-9(14)10(2)19(15,16)11-4-5-12-13(8-11)18-7-3-6-17-12/h4-5,8,10H,3,6-7H2,1-2H3. The Kier molecular flexibility index (Phi) is 3.80. The molecule has 1 aliphatic rings. The van der Waals surface area contributed by atoms with Gasteiger partial charge in [0.25, 0.3) is 0 Å². The first kappa shape index (κ1) is 13.9. The van der Waals surface area contributed by atoms with Gasteiger partial charge in [-0.15, -0.1) is 0 Å². The lowest BCUT2D eigenvalue weighted by atomic mass is 10.3. The summed E-state index contributed by atoms with van der Waals surface area (Å²) in [4.78, 5) is 11.4. The lowest BCUT2D eigenvalue weighted by molar-refractivity contribution is -0.116. The molecule has 5 nitrogen and oxygen atoms in total. The molecule has 1 aliphatic heterocycles. The van der Waals surface area contributed by atoms with Crippen molar-refractivity contribution < 1.29 is 22.7 Å². The lowest BCUT2D eigenvalue weighted by Gasteiger charge is -2.12. The van der Waals surface area contributed by atoms with Crippen LogP contribution in [0.5, 0.6) is 11.5 Å². The van der Waals surface area contributed by atoms with E-state index in [1.807, 2.05) is 0 Å². The highest BCUT2D eigenvalue weighted by Crippen LogP contribution is 2.33. The van der Waals surface area contributed by atoms with Crippen molar-refractivity contribution in [2.24, 2.45) is 0 Å². The van der Waals surface area contributed by atoms with Gasteiger partial charge in [0.1, 0.15) is 11.0 Å². The van der Waals surface area contributed by atoms with E-state index in [0.717, 1.165) is 6.42 Å². The third-order valence-electron chi connectivity index (χ3n) is 3.09. The molecule has 0 bridgehead atoms. The highest BCUT2D eigenvalue weighted by molar-refractivity contribution is 7.92. The molecule has 6 heteroatoms. The van der Waals surface area contributed by atoms with Gasteiger partial charge in [-0.05, 0) is 26.0 Å². The van der Waals surface area contributed by atoms with Gasteiger partial charge in [0.2, 0.25) is 0 Å². The largest absolute Gasteiger partial charge is 0.490 e. The fourth-order valence-corrected chi connectivity index (χ4v) is 3.12. The first-order chi connectivity index (χ1) is 8.93. The van der Waals surface area contributed by atoms with E-state index >= 15 is 0 Å². The van der Waals surface area contributed by atoms with E-state index in [0.29, 0.717) is 24.7 Å². The molecule has 0 aromatic heterocycles. The number of carbonyl (C=O) groups excluding carboxylic acids is 1. The number of ether oxygens (including phenoxy) is 2. The summed E-state index contributed by atoms with van der Waals surface area (Å²) < 4.78 is 35.3. The highest BCUT2D eigenvalue weighted by Gasteiger charge is 2.28. The quantitative estimate of drug-likeness (QED) is 0.843. The number of sulfone groups is 1. The van der Waals surface area contributed by atoms with Gasteiger partial charge in [0.15, 0.2) is 21.3 Å². The zero-order chi connectivity index (χ0) is 14.0. The smallest absolute Gasteiger partial charge is 0.188 e. The number of hydrogen-bond donors (Lipinski definition) is 0. The Balaban J connectivity index is 2.42. The molecule has 0 aliphatic carbocycles. The van der Waals surface area contributed by atoms with Crippen LogP contribution in [0.1, 0.15) is 20.3 Å². The molecular weight excluding hydrogens is 268 g/mol. The molecule has 0 saturated heterocycles. The van der Waals surface area contributed by atoms with Crippen LogP contribution in [0.4, 0.5) is 0 Å². The Hall–Kier alpha value is -1.56. The topological polar surface area (TPSA) is 69.7 Å². The van der Waals surface area contributed by atoms with Crippen LogP contribution in [0.3, 0.4) is 0 Å². The minimum atomic E-state index is -3.67. The van der Waals surface area contributed by atoms with Crippen molar-refractivity contribution in [1.82, 2.24) is 0 Å². The van der Waals surface area contributed by atoms with Crippen LogP contribution in [0, 0.1) is 0 Å². The van der Waals surface area contributed by atoms with Crippen LogP contribution in [0.15, 0.2) is 23.1 Å². The molecule has 0 amide bonds. The summed E-state index contributed by atoms with van der Waals surface area (Å²) in [7, 11) is -3.67. The van der Waals surface area contributed by atoms with Crippen molar-refractivity contribution in [1.29, 1.82) is 0 Å². The van der Waals surface area contributed by atoms with Crippen molar-refractivity contribution in [3.05, 3.63) is 18.2 Å². The maximum atomic E-state index is 12.2. The SMILES string of the molecule is CC(=O)C(C)S(=O)(=O)c1ccc2c(c1)OCCCO2. The molecule has 0 fully saturated rings. The molecule has 0 spiro atoms. The minimum absolute atomic E-state index is 0.0828. The first-order valence-corrected chi connectivity index (χ1v) is 7.61. The van der Waals surface area contributed by atoms with E-state index in [4.69, 9.17) is 9.47 Å². The van der Waals surface area contributed by atoms with Gasteiger partial charge >= 0.3 is 0 Å². The van der Waals surface area contributed by atoms with E-state index in [-0.39, 0.29) is 10.7 Å². The summed E-state index contributed by atoms with van der Waals surface area (Å²) in [6.45, 7) is 3.69. The summed E-state index contributed by atoms with van der Waals surface area (Å²) in [5, 5.41) is -1.06. The van der Waals surface area contributed by atoms with E-state index in [9.17, 15) is 13.2 Å². The molecule has 1 aromatic rings. The average Bonchev–Trinajstić information content (AvgIpc) is 2.61. The van der Waals surface area contributed by atoms with Crippen LogP contribution in [-0.4, -0.2) is 32.7 Å².